The summed E-state index contributed by atoms with van der Waals surface area (Å²) in [7, 11) is 0. The van der Waals surface area contributed by atoms with Gasteiger partial charge < -0.3 is 9.51 Å². The molecule has 1 aliphatic heterocycles. The van der Waals surface area contributed by atoms with Crippen LogP contribution in [0.3, 0.4) is 0 Å². The summed E-state index contributed by atoms with van der Waals surface area (Å²) in [6, 6.07) is 1.55. The molecule has 21 heavy (non-hydrogen) atoms. The lowest BCUT2D eigenvalue weighted by Gasteiger charge is -2.14. The van der Waals surface area contributed by atoms with E-state index in [-0.39, 0.29) is 11.5 Å². The van der Waals surface area contributed by atoms with Crippen LogP contribution < -0.4 is 5.56 Å². The SMILES string of the molecule is CCc1cc(=O)[nH]c(CN2CCC(c3nc(C)no3)C2)n1. The Kier molecular flexibility index (Phi) is 3.83. The molecule has 0 spiro atoms. The zero-order valence-electron chi connectivity index (χ0n) is 12.3. The Balaban J connectivity index is 1.67. The zero-order chi connectivity index (χ0) is 14.8. The van der Waals surface area contributed by atoms with Crippen LogP contribution in [0.2, 0.25) is 0 Å². The van der Waals surface area contributed by atoms with Crippen LogP contribution in [0.5, 0.6) is 0 Å². The molecule has 2 aromatic rings. The Labute approximate surface area is 122 Å². The molecule has 7 nitrogen and oxygen atoms in total. The Bertz CT molecular complexity index is 678. The molecule has 1 N–H and O–H groups in total. The van der Waals surface area contributed by atoms with E-state index in [1.807, 2.05) is 13.8 Å². The monoisotopic (exact) mass is 289 g/mol. The number of hydrogen-bond acceptors (Lipinski definition) is 6. The van der Waals surface area contributed by atoms with Crippen LogP contribution in [0.15, 0.2) is 15.4 Å². The number of nitrogens with one attached hydrogen (secondary N) is 1. The molecule has 3 rings (SSSR count). The highest BCUT2D eigenvalue weighted by molar-refractivity contribution is 5.04. The van der Waals surface area contributed by atoms with Crippen molar-refractivity contribution in [1.29, 1.82) is 0 Å². The summed E-state index contributed by atoms with van der Waals surface area (Å²) < 4.78 is 5.24. The normalized spacial score (nSPS) is 19.2. The maximum absolute atomic E-state index is 11.6. The van der Waals surface area contributed by atoms with Gasteiger partial charge in [-0.1, -0.05) is 12.1 Å². The molecule has 1 unspecified atom stereocenters. The first-order chi connectivity index (χ1) is 10.1. The third-order valence-electron chi connectivity index (χ3n) is 3.74. The van der Waals surface area contributed by atoms with Crippen molar-refractivity contribution in [1.82, 2.24) is 25.0 Å². The molecule has 2 aromatic heterocycles. The molecule has 0 bridgehead atoms. The first kappa shape index (κ1) is 13.9. The molecule has 0 aromatic carbocycles. The number of aryl methyl sites for hydroxylation is 2. The summed E-state index contributed by atoms with van der Waals surface area (Å²) in [5.41, 5.74) is 0.747. The lowest BCUT2D eigenvalue weighted by atomic mass is 10.1. The number of aromatic amines is 1. The second-order valence-electron chi connectivity index (χ2n) is 5.44. The van der Waals surface area contributed by atoms with E-state index < -0.39 is 0 Å². The van der Waals surface area contributed by atoms with Gasteiger partial charge in [-0.2, -0.15) is 4.98 Å². The summed E-state index contributed by atoms with van der Waals surface area (Å²) in [4.78, 5) is 25.4. The second-order valence-corrected chi connectivity index (χ2v) is 5.44. The number of rotatable bonds is 4. The Hall–Kier alpha value is -2.02. The maximum Gasteiger partial charge on any atom is 0.251 e. The van der Waals surface area contributed by atoms with E-state index in [9.17, 15) is 4.79 Å². The molecule has 0 aliphatic carbocycles. The molecular weight excluding hydrogens is 270 g/mol. The zero-order valence-corrected chi connectivity index (χ0v) is 12.3. The van der Waals surface area contributed by atoms with Crippen LogP contribution in [0.1, 0.15) is 42.5 Å². The van der Waals surface area contributed by atoms with Gasteiger partial charge in [0.25, 0.3) is 5.56 Å². The fourth-order valence-electron chi connectivity index (χ4n) is 2.69. The number of hydrogen-bond donors (Lipinski definition) is 1. The van der Waals surface area contributed by atoms with Crippen molar-refractivity contribution in [3.8, 4) is 0 Å². The van der Waals surface area contributed by atoms with Gasteiger partial charge >= 0.3 is 0 Å². The Morgan fingerprint density at radius 3 is 3.05 bits per heavy atom. The average molecular weight is 289 g/mol. The van der Waals surface area contributed by atoms with E-state index in [0.29, 0.717) is 18.3 Å². The van der Waals surface area contributed by atoms with Crippen molar-refractivity contribution in [2.45, 2.75) is 39.2 Å². The van der Waals surface area contributed by atoms with Gasteiger partial charge in [-0.25, -0.2) is 4.98 Å². The van der Waals surface area contributed by atoms with E-state index in [0.717, 1.165) is 37.4 Å². The first-order valence-corrected chi connectivity index (χ1v) is 7.25. The topological polar surface area (TPSA) is 87.9 Å². The second kappa shape index (κ2) is 5.77. The minimum absolute atomic E-state index is 0.0832. The third-order valence-corrected chi connectivity index (χ3v) is 3.74. The van der Waals surface area contributed by atoms with Gasteiger partial charge in [0.2, 0.25) is 5.89 Å². The molecule has 1 saturated heterocycles. The predicted octanol–water partition coefficient (Wildman–Crippen LogP) is 1.01. The Morgan fingerprint density at radius 2 is 2.33 bits per heavy atom. The Morgan fingerprint density at radius 1 is 1.48 bits per heavy atom. The predicted molar refractivity (Wildman–Crippen MR) is 75.9 cm³/mol. The van der Waals surface area contributed by atoms with Crippen molar-refractivity contribution >= 4 is 0 Å². The fraction of sp³-hybridized carbons (Fsp3) is 0.571. The van der Waals surface area contributed by atoms with E-state index in [2.05, 4.69) is 25.0 Å². The molecule has 112 valence electrons. The average Bonchev–Trinajstić information content (AvgIpc) is 3.07. The lowest BCUT2D eigenvalue weighted by Crippen LogP contribution is -2.24. The van der Waals surface area contributed by atoms with E-state index in [4.69, 9.17) is 4.52 Å². The molecule has 0 amide bonds. The minimum Gasteiger partial charge on any atom is -0.339 e. The van der Waals surface area contributed by atoms with Gasteiger partial charge in [0.05, 0.1) is 12.5 Å². The van der Waals surface area contributed by atoms with Crippen LogP contribution in [0, 0.1) is 6.92 Å². The van der Waals surface area contributed by atoms with Gasteiger partial charge in [0.15, 0.2) is 5.82 Å². The molecule has 0 radical (unpaired) electrons. The van der Waals surface area contributed by atoms with E-state index in [1.54, 1.807) is 6.07 Å². The van der Waals surface area contributed by atoms with E-state index in [1.165, 1.54) is 0 Å². The van der Waals surface area contributed by atoms with Crippen LogP contribution >= 0.6 is 0 Å². The first-order valence-electron chi connectivity index (χ1n) is 7.25. The molecular formula is C14H19N5O2. The number of H-pyrrole nitrogens is 1. The molecule has 1 atom stereocenters. The fourth-order valence-corrected chi connectivity index (χ4v) is 2.69. The summed E-state index contributed by atoms with van der Waals surface area (Å²) in [5.74, 6) is 2.37. The largest absolute Gasteiger partial charge is 0.339 e. The summed E-state index contributed by atoms with van der Waals surface area (Å²) in [6.07, 6.45) is 1.75. The third kappa shape index (κ3) is 3.18. The standard InChI is InChI=1S/C14H19N5O2/c1-3-11-6-13(20)17-12(16-11)8-19-5-4-10(7-19)14-15-9(2)18-21-14/h6,10H,3-5,7-8H2,1-2H3,(H,16,17,20). The number of aromatic nitrogens is 4. The highest BCUT2D eigenvalue weighted by atomic mass is 16.5. The molecule has 0 saturated carbocycles. The van der Waals surface area contributed by atoms with Crippen molar-refractivity contribution < 1.29 is 4.52 Å². The van der Waals surface area contributed by atoms with Crippen LogP contribution in [0.25, 0.3) is 0 Å². The van der Waals surface area contributed by atoms with Gasteiger partial charge in [-0.05, 0) is 26.3 Å². The van der Waals surface area contributed by atoms with E-state index >= 15 is 0 Å². The van der Waals surface area contributed by atoms with Crippen molar-refractivity contribution in [3.05, 3.63) is 39.7 Å². The minimum atomic E-state index is -0.0832. The summed E-state index contributed by atoms with van der Waals surface area (Å²) >= 11 is 0. The maximum atomic E-state index is 11.6. The van der Waals surface area contributed by atoms with Gasteiger partial charge in [0.1, 0.15) is 5.82 Å². The van der Waals surface area contributed by atoms with Crippen LogP contribution in [-0.4, -0.2) is 38.1 Å². The van der Waals surface area contributed by atoms with Gasteiger partial charge in [0, 0.05) is 18.3 Å². The number of likely N-dealkylation sites (tertiary alicyclic amines) is 1. The summed E-state index contributed by atoms with van der Waals surface area (Å²) in [5, 5.41) is 3.84. The van der Waals surface area contributed by atoms with Gasteiger partial charge in [-0.3, -0.25) is 9.69 Å². The number of nitrogens with zero attached hydrogens (tertiary/aromatic N) is 4. The lowest BCUT2D eigenvalue weighted by molar-refractivity contribution is 0.302. The van der Waals surface area contributed by atoms with Crippen LogP contribution in [-0.2, 0) is 13.0 Å². The van der Waals surface area contributed by atoms with Crippen molar-refractivity contribution in [2.75, 3.05) is 13.1 Å². The smallest absolute Gasteiger partial charge is 0.251 e. The molecule has 1 fully saturated rings. The molecule has 3 heterocycles. The highest BCUT2D eigenvalue weighted by Gasteiger charge is 2.28. The molecule has 1 aliphatic rings. The van der Waals surface area contributed by atoms with Crippen LogP contribution in [0.4, 0.5) is 0 Å². The highest BCUT2D eigenvalue weighted by Crippen LogP contribution is 2.26. The quantitative estimate of drug-likeness (QED) is 0.904. The van der Waals surface area contributed by atoms with Crippen molar-refractivity contribution in [2.24, 2.45) is 0 Å². The summed E-state index contributed by atoms with van der Waals surface area (Å²) in [6.45, 7) is 6.25. The van der Waals surface area contributed by atoms with Crippen molar-refractivity contribution in [3.63, 3.8) is 0 Å². The molecule has 7 heteroatoms. The van der Waals surface area contributed by atoms with Gasteiger partial charge in [-0.15, -0.1) is 0 Å².